The lowest BCUT2D eigenvalue weighted by Gasteiger charge is -2.26. The van der Waals surface area contributed by atoms with Gasteiger partial charge in [-0.05, 0) is 89.8 Å². The zero-order valence-electron chi connectivity index (χ0n) is 33.0. The molecule has 300 valence electrons. The van der Waals surface area contributed by atoms with Gasteiger partial charge in [0.1, 0.15) is 11.2 Å². The summed E-state index contributed by atoms with van der Waals surface area (Å²) in [4.78, 5) is 72.3. The first-order valence-corrected chi connectivity index (χ1v) is 18.5. The summed E-state index contributed by atoms with van der Waals surface area (Å²) in [5.41, 5.74) is 2.60. The van der Waals surface area contributed by atoms with Gasteiger partial charge in [0.2, 0.25) is 0 Å². The van der Waals surface area contributed by atoms with Crippen molar-refractivity contribution in [2.45, 2.75) is 77.7 Å². The predicted molar refractivity (Wildman–Crippen MR) is 214 cm³/mol. The van der Waals surface area contributed by atoms with E-state index in [9.17, 15) is 33.9 Å². The van der Waals surface area contributed by atoms with Gasteiger partial charge in [0.05, 0.1) is 47.5 Å². The molecule has 4 aromatic rings. The number of carbonyl (C=O) groups is 6. The Morgan fingerprint density at radius 2 is 0.930 bits per heavy atom. The van der Waals surface area contributed by atoms with Gasteiger partial charge in [0, 0.05) is 0 Å². The van der Waals surface area contributed by atoms with Gasteiger partial charge in [-0.15, -0.1) is 0 Å². The van der Waals surface area contributed by atoms with Crippen molar-refractivity contribution < 1.29 is 43.3 Å². The third-order valence-electron chi connectivity index (χ3n) is 8.24. The van der Waals surface area contributed by atoms with Gasteiger partial charge < -0.3 is 25.2 Å². The molecule has 2 heterocycles. The molecule has 2 atom stereocenters. The molecular weight excluding hydrogens is 729 g/mol. The van der Waals surface area contributed by atoms with Gasteiger partial charge in [0.15, 0.2) is 0 Å². The minimum absolute atomic E-state index is 0.0699. The molecule has 0 unspecified atom stereocenters. The molecule has 0 spiro atoms. The summed E-state index contributed by atoms with van der Waals surface area (Å²) in [6, 6.07) is 32.0. The maximum Gasteiger partial charge on any atom is 0.407 e. The molecule has 4 aromatic carbocycles. The van der Waals surface area contributed by atoms with Crippen molar-refractivity contribution in [3.63, 3.8) is 0 Å². The van der Waals surface area contributed by atoms with Crippen molar-refractivity contribution in [1.82, 2.24) is 20.9 Å². The molecular formula is C44H50N4O9. The summed E-state index contributed by atoms with van der Waals surface area (Å²) in [6.45, 7) is 10.7. The zero-order chi connectivity index (χ0) is 41.8. The number of aliphatic hydroxyl groups is 1. The van der Waals surface area contributed by atoms with Gasteiger partial charge in [0.25, 0.3) is 23.6 Å². The average Bonchev–Trinajstić information content (AvgIpc) is 3.57. The number of hydrogen-bond acceptors (Lipinski definition) is 9. The number of carbonyl (C=O) groups excluding carboxylic acids is 6. The number of rotatable bonds is 9. The number of nitrogens with one attached hydrogen (secondary N) is 3. The van der Waals surface area contributed by atoms with Gasteiger partial charge in [-0.2, -0.15) is 0 Å². The maximum atomic E-state index is 12.7. The highest BCUT2D eigenvalue weighted by Gasteiger charge is 2.37. The first-order chi connectivity index (χ1) is 26.9. The zero-order valence-corrected chi connectivity index (χ0v) is 33.0. The molecule has 13 heteroatoms. The molecule has 0 aromatic heterocycles. The number of fused-ring (bicyclic) bond motifs is 2. The molecule has 6 rings (SSSR count). The summed E-state index contributed by atoms with van der Waals surface area (Å²) in [7, 11) is 0. The summed E-state index contributed by atoms with van der Waals surface area (Å²) in [5, 5.41) is 16.9. The summed E-state index contributed by atoms with van der Waals surface area (Å²) >= 11 is 0. The fourth-order valence-corrected chi connectivity index (χ4v) is 5.81. The highest BCUT2D eigenvalue weighted by atomic mass is 16.6. The quantitative estimate of drug-likeness (QED) is 0.146. The Bertz CT molecular complexity index is 1970. The summed E-state index contributed by atoms with van der Waals surface area (Å²) in [6.07, 6.45) is -0.0353. The molecule has 0 radical (unpaired) electrons. The molecule has 2 aliphatic heterocycles. The lowest BCUT2D eigenvalue weighted by Crippen LogP contribution is -2.48. The van der Waals surface area contributed by atoms with Crippen molar-refractivity contribution in [3.8, 4) is 0 Å². The van der Waals surface area contributed by atoms with Crippen molar-refractivity contribution >= 4 is 35.8 Å². The van der Waals surface area contributed by atoms with Crippen molar-refractivity contribution in [2.24, 2.45) is 0 Å². The number of imide groups is 2. The van der Waals surface area contributed by atoms with Gasteiger partial charge >= 0.3 is 12.2 Å². The van der Waals surface area contributed by atoms with E-state index in [2.05, 4.69) is 16.0 Å². The molecule has 2 aliphatic rings. The second-order valence-corrected chi connectivity index (χ2v) is 15.3. The molecule has 6 amide bonds. The second kappa shape index (κ2) is 19.5. The predicted octanol–water partition coefficient (Wildman–Crippen LogP) is 6.10. The molecule has 4 N–H and O–H groups in total. The van der Waals surface area contributed by atoms with Crippen LogP contribution in [0.5, 0.6) is 0 Å². The molecule has 13 nitrogen and oxygen atoms in total. The Balaban J connectivity index is 0.000000211. The highest BCUT2D eigenvalue weighted by molar-refractivity contribution is 6.22. The monoisotopic (exact) mass is 778 g/mol. The third kappa shape index (κ3) is 13.4. The van der Waals surface area contributed by atoms with Crippen molar-refractivity contribution in [3.05, 3.63) is 143 Å². The van der Waals surface area contributed by atoms with E-state index >= 15 is 0 Å². The Morgan fingerprint density at radius 3 is 1.32 bits per heavy atom. The minimum Gasteiger partial charge on any atom is -0.444 e. The maximum absolute atomic E-state index is 12.7. The van der Waals surface area contributed by atoms with Gasteiger partial charge in [-0.3, -0.25) is 29.4 Å². The first-order valence-electron chi connectivity index (χ1n) is 18.5. The van der Waals surface area contributed by atoms with Crippen LogP contribution in [0.25, 0.3) is 0 Å². The number of alkyl carbamates (subject to hydrolysis) is 2. The molecule has 0 bridgehead atoms. The van der Waals surface area contributed by atoms with Gasteiger partial charge in [-0.25, -0.2) is 9.59 Å². The lowest BCUT2D eigenvalue weighted by molar-refractivity contribution is 0.0466. The van der Waals surface area contributed by atoms with E-state index in [-0.39, 0.29) is 42.8 Å². The average molecular weight is 779 g/mol. The smallest absolute Gasteiger partial charge is 0.407 e. The van der Waals surface area contributed by atoms with Crippen LogP contribution in [0.3, 0.4) is 0 Å². The van der Waals surface area contributed by atoms with Gasteiger partial charge in [-0.1, -0.05) is 84.9 Å². The van der Waals surface area contributed by atoms with Crippen LogP contribution < -0.4 is 16.0 Å². The molecule has 0 saturated carbocycles. The lowest BCUT2D eigenvalue weighted by atomic mass is 10.1. The fraction of sp³-hybridized carbons (Fsp3) is 0.318. The van der Waals surface area contributed by atoms with E-state index in [1.165, 1.54) is 4.90 Å². The summed E-state index contributed by atoms with van der Waals surface area (Å²) < 4.78 is 10.5. The van der Waals surface area contributed by atoms with Crippen molar-refractivity contribution in [1.29, 1.82) is 0 Å². The molecule has 0 fully saturated rings. The normalized spacial score (nSPS) is 14.1. The van der Waals surface area contributed by atoms with Crippen LogP contribution in [0.2, 0.25) is 0 Å². The van der Waals surface area contributed by atoms with E-state index in [4.69, 9.17) is 9.47 Å². The minimum atomic E-state index is -0.642. The largest absolute Gasteiger partial charge is 0.444 e. The number of nitrogens with zero attached hydrogens (tertiary/aromatic N) is 1. The topological polar surface area (TPSA) is 180 Å². The van der Waals surface area contributed by atoms with E-state index in [1.807, 2.05) is 60.7 Å². The number of hydrogen-bond donors (Lipinski definition) is 4. The third-order valence-corrected chi connectivity index (χ3v) is 8.24. The van der Waals surface area contributed by atoms with Crippen LogP contribution in [0.1, 0.15) is 94.1 Å². The van der Waals surface area contributed by atoms with E-state index in [0.717, 1.165) is 11.1 Å². The standard InChI is InChI=1S/C22H24N2O4.C14H21NO3.C8H5NO2/c1-22(2,3)28-21(27)23-16(13-15-9-5-4-6-10-15)14-24-19(25)17-11-7-8-12-18(17)20(24)26;1-14(2,3)18-13(17)15-12(10-16)9-11-7-5-4-6-8-11;10-7-5-3-1-2-4-6(5)8(11)9-7/h4-12,16H,13-14H2,1-3H3,(H,23,27);4-8,12,16H,9-10H2,1-3H3,(H,15,17);1-4H,(H,9,10,11)/t16-;12-;/m00./s1. The Morgan fingerprint density at radius 1 is 0.579 bits per heavy atom. The first kappa shape index (κ1) is 43.4. The number of aliphatic hydroxyl groups excluding tert-OH is 1. The Hall–Kier alpha value is -6.34. The van der Waals surface area contributed by atoms with Crippen LogP contribution in [0.4, 0.5) is 9.59 Å². The Kier molecular flexibility index (Phi) is 14.8. The van der Waals surface area contributed by atoms with E-state index in [0.29, 0.717) is 35.1 Å². The van der Waals surface area contributed by atoms with Crippen molar-refractivity contribution in [2.75, 3.05) is 13.2 Å². The van der Waals surface area contributed by atoms with E-state index in [1.54, 1.807) is 90.1 Å². The number of ether oxygens (including phenoxy) is 2. The van der Waals surface area contributed by atoms with Crippen LogP contribution in [0, 0.1) is 0 Å². The van der Waals surface area contributed by atoms with E-state index < -0.39 is 29.4 Å². The van der Waals surface area contributed by atoms with Crippen LogP contribution in [0.15, 0.2) is 109 Å². The molecule has 0 aliphatic carbocycles. The number of amides is 6. The van der Waals surface area contributed by atoms with Crippen LogP contribution >= 0.6 is 0 Å². The SMILES string of the molecule is CC(C)(C)OC(=O)N[C@@H](Cc1ccccc1)CN1C(=O)c2ccccc2C1=O.CC(C)(C)OC(=O)N[C@H](CO)Cc1ccccc1.O=C1NC(=O)c2ccccc21. The van der Waals surface area contributed by atoms with Crippen LogP contribution in [-0.4, -0.2) is 82.3 Å². The Labute approximate surface area is 332 Å². The fourth-order valence-electron chi connectivity index (χ4n) is 5.81. The summed E-state index contributed by atoms with van der Waals surface area (Å²) in [5.74, 6) is -1.29. The number of benzene rings is 4. The highest BCUT2D eigenvalue weighted by Crippen LogP contribution is 2.23. The molecule has 0 saturated heterocycles. The van der Waals surface area contributed by atoms with Crippen LogP contribution in [-0.2, 0) is 22.3 Å². The second-order valence-electron chi connectivity index (χ2n) is 15.3. The molecule has 57 heavy (non-hydrogen) atoms.